The second kappa shape index (κ2) is 9.17. The lowest BCUT2D eigenvalue weighted by Crippen LogP contribution is -2.30. The zero-order valence-corrected chi connectivity index (χ0v) is 15.1. The summed E-state index contributed by atoms with van der Waals surface area (Å²) < 4.78 is 15.3. The highest BCUT2D eigenvalue weighted by atomic mass is 16.5. The summed E-state index contributed by atoms with van der Waals surface area (Å²) in [4.78, 5) is 23.7. The van der Waals surface area contributed by atoms with Crippen molar-refractivity contribution in [1.29, 1.82) is 0 Å². The number of aliphatic hydroxyl groups is 1. The maximum atomic E-state index is 11.9. The van der Waals surface area contributed by atoms with Crippen LogP contribution in [0.1, 0.15) is 39.8 Å². The van der Waals surface area contributed by atoms with Gasteiger partial charge in [-0.3, -0.25) is 0 Å². The van der Waals surface area contributed by atoms with Crippen LogP contribution in [0.3, 0.4) is 0 Å². The molecule has 2 aromatic rings. The van der Waals surface area contributed by atoms with Crippen LogP contribution in [0.15, 0.2) is 34.7 Å². The predicted molar refractivity (Wildman–Crippen MR) is 94.8 cm³/mol. The molecule has 0 amide bonds. The maximum absolute atomic E-state index is 11.9. The summed E-state index contributed by atoms with van der Waals surface area (Å²) in [6.07, 6.45) is 0.799. The predicted octanol–water partition coefficient (Wildman–Crippen LogP) is 2.38. The van der Waals surface area contributed by atoms with E-state index in [2.05, 4.69) is 5.32 Å². The van der Waals surface area contributed by atoms with Crippen LogP contribution < -0.4 is 5.32 Å². The Morgan fingerprint density at radius 1 is 1.12 bits per heavy atom. The zero-order chi connectivity index (χ0) is 19.1. The minimum Gasteiger partial charge on any atom is -0.465 e. The van der Waals surface area contributed by atoms with Gasteiger partial charge in [0.2, 0.25) is 0 Å². The van der Waals surface area contributed by atoms with Gasteiger partial charge in [-0.15, -0.1) is 0 Å². The van der Waals surface area contributed by atoms with Crippen molar-refractivity contribution in [3.05, 3.63) is 47.2 Å². The Hall–Kier alpha value is -2.64. The third-order valence-electron chi connectivity index (χ3n) is 4.00. The summed E-state index contributed by atoms with van der Waals surface area (Å²) in [6.45, 7) is 2.49. The van der Waals surface area contributed by atoms with Crippen molar-refractivity contribution in [2.45, 2.75) is 25.9 Å². The molecule has 1 aromatic carbocycles. The Bertz CT molecular complexity index is 729. The highest BCUT2D eigenvalue weighted by Crippen LogP contribution is 2.25. The highest BCUT2D eigenvalue weighted by molar-refractivity contribution is 5.97. The summed E-state index contributed by atoms with van der Waals surface area (Å²) in [5, 5.41) is 12.4. The van der Waals surface area contributed by atoms with Gasteiger partial charge in [-0.05, 0) is 36.8 Å². The van der Waals surface area contributed by atoms with Crippen molar-refractivity contribution in [1.82, 2.24) is 5.32 Å². The van der Waals surface area contributed by atoms with Crippen LogP contribution in [-0.2, 0) is 16.0 Å². The van der Waals surface area contributed by atoms with Gasteiger partial charge in [-0.1, -0.05) is 6.92 Å². The van der Waals surface area contributed by atoms with Crippen molar-refractivity contribution < 1.29 is 28.6 Å². The van der Waals surface area contributed by atoms with Gasteiger partial charge in [0.05, 0.1) is 38.5 Å². The lowest BCUT2D eigenvalue weighted by Gasteiger charge is -2.12. The first-order chi connectivity index (χ1) is 12.5. The number of rotatable bonds is 8. The molecular formula is C19H23NO6. The molecule has 1 heterocycles. The van der Waals surface area contributed by atoms with E-state index in [9.17, 15) is 14.7 Å². The van der Waals surface area contributed by atoms with Gasteiger partial charge in [0.25, 0.3) is 0 Å². The molecule has 0 fully saturated rings. The van der Waals surface area contributed by atoms with Crippen LogP contribution in [0.4, 0.5) is 0 Å². The van der Waals surface area contributed by atoms with E-state index in [1.165, 1.54) is 20.3 Å². The van der Waals surface area contributed by atoms with Crippen molar-refractivity contribution in [3.63, 3.8) is 0 Å². The molecule has 0 bridgehead atoms. The lowest BCUT2D eigenvalue weighted by molar-refractivity contribution is 0.0599. The first kappa shape index (κ1) is 19.7. The molecule has 2 rings (SSSR count). The fourth-order valence-electron chi connectivity index (χ4n) is 2.45. The van der Waals surface area contributed by atoms with Crippen molar-refractivity contribution in [2.75, 3.05) is 20.8 Å². The number of furan rings is 1. The van der Waals surface area contributed by atoms with Crippen LogP contribution in [-0.4, -0.2) is 43.9 Å². The number of hydrogen-bond donors (Lipinski definition) is 2. The van der Waals surface area contributed by atoms with Gasteiger partial charge in [0.1, 0.15) is 11.5 Å². The van der Waals surface area contributed by atoms with Gasteiger partial charge >= 0.3 is 11.9 Å². The summed E-state index contributed by atoms with van der Waals surface area (Å²) in [5.41, 5.74) is 1.02. The normalized spacial score (nSPS) is 11.8. The number of carbonyl (C=O) groups excluding carboxylic acids is 2. The monoisotopic (exact) mass is 361 g/mol. The van der Waals surface area contributed by atoms with Gasteiger partial charge < -0.3 is 24.3 Å². The number of benzene rings is 1. The van der Waals surface area contributed by atoms with E-state index in [-0.39, 0.29) is 23.8 Å². The number of esters is 2. The fourth-order valence-corrected chi connectivity index (χ4v) is 2.45. The molecule has 140 valence electrons. The molecule has 26 heavy (non-hydrogen) atoms. The minimum atomic E-state index is -0.556. The Labute approximate surface area is 151 Å². The Kier molecular flexibility index (Phi) is 6.94. The lowest BCUT2D eigenvalue weighted by atomic mass is 10.0. The van der Waals surface area contributed by atoms with E-state index in [0.717, 1.165) is 6.42 Å². The number of nitrogens with one attached hydrogen (secondary N) is 1. The number of aliphatic hydroxyl groups excluding tert-OH is 1. The van der Waals surface area contributed by atoms with Crippen molar-refractivity contribution >= 4 is 11.9 Å². The largest absolute Gasteiger partial charge is 0.465 e. The van der Waals surface area contributed by atoms with Gasteiger partial charge in [0.15, 0.2) is 0 Å². The number of ether oxygens (including phenoxy) is 2. The molecule has 0 saturated heterocycles. The smallest absolute Gasteiger partial charge is 0.337 e. The SMILES string of the molecule is CC[C@@H](CO)NCc1ccc(-c2cc(C(=O)OC)cc(C(=O)OC)c2)o1. The second-order valence-corrected chi connectivity index (χ2v) is 5.72. The highest BCUT2D eigenvalue weighted by Gasteiger charge is 2.16. The molecule has 0 aliphatic carbocycles. The van der Waals surface area contributed by atoms with Crippen LogP contribution in [0, 0.1) is 0 Å². The summed E-state index contributed by atoms with van der Waals surface area (Å²) in [5.74, 6) is 0.0723. The average Bonchev–Trinajstić information content (AvgIpc) is 3.16. The zero-order valence-electron chi connectivity index (χ0n) is 15.1. The first-order valence-electron chi connectivity index (χ1n) is 8.27. The Balaban J connectivity index is 2.29. The van der Waals surface area contributed by atoms with Crippen LogP contribution in [0.25, 0.3) is 11.3 Å². The summed E-state index contributed by atoms with van der Waals surface area (Å²) in [7, 11) is 2.55. The first-order valence-corrected chi connectivity index (χ1v) is 8.27. The molecule has 1 aromatic heterocycles. The van der Waals surface area contributed by atoms with E-state index in [0.29, 0.717) is 23.6 Å². The molecule has 0 aliphatic heterocycles. The minimum absolute atomic E-state index is 0.00266. The number of carbonyl (C=O) groups is 2. The third-order valence-corrected chi connectivity index (χ3v) is 4.00. The Morgan fingerprint density at radius 3 is 2.23 bits per heavy atom. The number of hydrogen-bond acceptors (Lipinski definition) is 7. The van der Waals surface area contributed by atoms with E-state index in [1.807, 2.05) is 6.92 Å². The standard InChI is InChI=1S/C19H23NO6/c1-4-15(11-21)20-10-16-5-6-17(26-16)12-7-13(18(22)24-2)9-14(8-12)19(23)25-3/h5-9,15,20-21H,4,10-11H2,1-3H3/t15-/m0/s1. The molecule has 0 unspecified atom stereocenters. The molecule has 0 radical (unpaired) electrons. The van der Waals surface area contributed by atoms with Crippen molar-refractivity contribution in [2.24, 2.45) is 0 Å². The van der Waals surface area contributed by atoms with E-state index in [4.69, 9.17) is 13.9 Å². The third kappa shape index (κ3) is 4.71. The molecule has 0 aliphatic rings. The molecule has 1 atom stereocenters. The molecule has 0 spiro atoms. The Morgan fingerprint density at radius 2 is 1.73 bits per heavy atom. The van der Waals surface area contributed by atoms with Crippen LogP contribution in [0.5, 0.6) is 0 Å². The maximum Gasteiger partial charge on any atom is 0.337 e. The van der Waals surface area contributed by atoms with E-state index < -0.39 is 11.9 Å². The summed E-state index contributed by atoms with van der Waals surface area (Å²) in [6, 6.07) is 8.16. The molecule has 2 N–H and O–H groups in total. The molecule has 7 nitrogen and oxygen atoms in total. The number of methoxy groups -OCH3 is 2. The second-order valence-electron chi connectivity index (χ2n) is 5.72. The quantitative estimate of drug-likeness (QED) is 0.697. The van der Waals surface area contributed by atoms with Crippen LogP contribution in [0.2, 0.25) is 0 Å². The topological polar surface area (TPSA) is 98.0 Å². The molecular weight excluding hydrogens is 338 g/mol. The molecule has 7 heteroatoms. The molecule has 0 saturated carbocycles. The fraction of sp³-hybridized carbons (Fsp3) is 0.368. The van der Waals surface area contributed by atoms with Gasteiger partial charge in [0, 0.05) is 11.6 Å². The summed E-state index contributed by atoms with van der Waals surface area (Å²) >= 11 is 0. The van der Waals surface area contributed by atoms with Gasteiger partial charge in [-0.25, -0.2) is 9.59 Å². The van der Waals surface area contributed by atoms with Gasteiger partial charge in [-0.2, -0.15) is 0 Å². The van der Waals surface area contributed by atoms with E-state index in [1.54, 1.807) is 24.3 Å². The van der Waals surface area contributed by atoms with E-state index >= 15 is 0 Å². The van der Waals surface area contributed by atoms with Crippen LogP contribution >= 0.6 is 0 Å². The average molecular weight is 361 g/mol. The van der Waals surface area contributed by atoms with Crippen molar-refractivity contribution in [3.8, 4) is 11.3 Å².